The number of hydrogen-bond acceptors (Lipinski definition) is 2. The van der Waals surface area contributed by atoms with Gasteiger partial charge in [-0.1, -0.05) is 0 Å². The molecular weight excluding hydrogens is 250 g/mol. The zero-order valence-electron chi connectivity index (χ0n) is 12.3. The quantitative estimate of drug-likeness (QED) is 0.740. The molecule has 112 valence electrons. The van der Waals surface area contributed by atoms with Crippen molar-refractivity contribution < 1.29 is 4.79 Å². The van der Waals surface area contributed by atoms with Crippen molar-refractivity contribution in [2.45, 2.75) is 68.9 Å². The lowest BCUT2D eigenvalue weighted by atomic mass is 9.53. The molecule has 4 heteroatoms. The zero-order chi connectivity index (χ0) is 13.8. The van der Waals surface area contributed by atoms with Crippen LogP contribution in [-0.2, 0) is 0 Å². The molecular formula is C16H27N3O. The molecule has 5 aliphatic rings. The van der Waals surface area contributed by atoms with Gasteiger partial charge in [-0.05, 0) is 75.5 Å². The Hall–Kier alpha value is -0.770. The number of hydrogen-bond donors (Lipinski definition) is 3. The maximum absolute atomic E-state index is 12.2. The Morgan fingerprint density at radius 2 is 1.60 bits per heavy atom. The minimum atomic E-state index is -0.126. The fraction of sp³-hybridized carbons (Fsp3) is 0.938. The molecule has 0 aromatic rings. The van der Waals surface area contributed by atoms with Gasteiger partial charge in [0.1, 0.15) is 0 Å². The second-order valence-electron chi connectivity index (χ2n) is 8.22. The van der Waals surface area contributed by atoms with Gasteiger partial charge in [-0.15, -0.1) is 0 Å². The summed E-state index contributed by atoms with van der Waals surface area (Å²) in [5, 5.41) is 6.36. The van der Waals surface area contributed by atoms with E-state index in [-0.39, 0.29) is 17.1 Å². The van der Waals surface area contributed by atoms with Crippen molar-refractivity contribution in [3.8, 4) is 0 Å². The highest BCUT2D eigenvalue weighted by Crippen LogP contribution is 2.55. The standard InChI is InChI=1S/C16H27N3O/c17-15(2-1-3-15)10-18-14(20)19-16-7-11-4-12(8-16)6-13(5-11)9-16/h11-13H,1-10,17H2,(H2,18,19,20). The van der Waals surface area contributed by atoms with Gasteiger partial charge in [-0.25, -0.2) is 4.79 Å². The van der Waals surface area contributed by atoms with Crippen molar-refractivity contribution in [1.82, 2.24) is 10.6 Å². The minimum absolute atomic E-state index is 0.0173. The van der Waals surface area contributed by atoms with E-state index in [1.165, 1.54) is 44.9 Å². The second kappa shape index (κ2) is 4.36. The maximum atomic E-state index is 12.2. The first kappa shape index (κ1) is 12.9. The van der Waals surface area contributed by atoms with Gasteiger partial charge in [0.05, 0.1) is 0 Å². The van der Waals surface area contributed by atoms with Crippen LogP contribution < -0.4 is 16.4 Å². The van der Waals surface area contributed by atoms with Crippen LogP contribution in [0, 0.1) is 17.8 Å². The third kappa shape index (κ3) is 2.22. The van der Waals surface area contributed by atoms with E-state index in [1.807, 2.05) is 0 Å². The highest BCUT2D eigenvalue weighted by atomic mass is 16.2. The van der Waals surface area contributed by atoms with Crippen molar-refractivity contribution in [3.05, 3.63) is 0 Å². The normalized spacial score (nSPS) is 44.0. The number of carbonyl (C=O) groups excluding carboxylic acids is 1. The molecule has 4 N–H and O–H groups in total. The Bertz CT molecular complexity index is 381. The molecule has 0 aliphatic heterocycles. The second-order valence-corrected chi connectivity index (χ2v) is 8.22. The smallest absolute Gasteiger partial charge is 0.315 e. The summed E-state index contributed by atoms with van der Waals surface area (Å²) in [5.41, 5.74) is 6.15. The van der Waals surface area contributed by atoms with Gasteiger partial charge in [0.15, 0.2) is 0 Å². The number of nitrogens with one attached hydrogen (secondary N) is 2. The third-order valence-electron chi connectivity index (χ3n) is 6.37. The van der Waals surface area contributed by atoms with Crippen LogP contribution in [0.25, 0.3) is 0 Å². The van der Waals surface area contributed by atoms with Gasteiger partial charge in [-0.3, -0.25) is 0 Å². The SMILES string of the molecule is NC1(CNC(=O)NC23CC4CC(CC(C4)C2)C3)CCC1. The van der Waals surface area contributed by atoms with E-state index in [0.717, 1.165) is 30.6 Å². The number of rotatable bonds is 3. The predicted octanol–water partition coefficient (Wildman–Crippen LogP) is 2.14. The van der Waals surface area contributed by atoms with E-state index in [9.17, 15) is 4.79 Å². The van der Waals surface area contributed by atoms with E-state index >= 15 is 0 Å². The lowest BCUT2D eigenvalue weighted by Crippen LogP contribution is -2.63. The van der Waals surface area contributed by atoms with Crippen molar-refractivity contribution >= 4 is 6.03 Å². The van der Waals surface area contributed by atoms with Crippen molar-refractivity contribution in [3.63, 3.8) is 0 Å². The van der Waals surface area contributed by atoms with Gasteiger partial charge in [0.2, 0.25) is 0 Å². The fourth-order valence-electron chi connectivity index (χ4n) is 5.61. The molecule has 0 saturated heterocycles. The first-order valence-corrected chi connectivity index (χ1v) is 8.39. The van der Waals surface area contributed by atoms with Crippen molar-refractivity contribution in [2.75, 3.05) is 6.54 Å². The zero-order valence-corrected chi connectivity index (χ0v) is 12.3. The predicted molar refractivity (Wildman–Crippen MR) is 78.2 cm³/mol. The molecule has 0 unspecified atom stereocenters. The Morgan fingerprint density at radius 3 is 2.05 bits per heavy atom. The molecule has 4 nitrogen and oxygen atoms in total. The largest absolute Gasteiger partial charge is 0.336 e. The van der Waals surface area contributed by atoms with Crippen LogP contribution in [-0.4, -0.2) is 23.7 Å². The summed E-state index contributed by atoms with van der Waals surface area (Å²) in [6.07, 6.45) is 11.2. The van der Waals surface area contributed by atoms with Crippen molar-refractivity contribution in [2.24, 2.45) is 23.5 Å². The first-order chi connectivity index (χ1) is 9.54. The number of urea groups is 1. The topological polar surface area (TPSA) is 67.1 Å². The van der Waals surface area contributed by atoms with Crippen LogP contribution in [0.4, 0.5) is 4.79 Å². The molecule has 5 fully saturated rings. The monoisotopic (exact) mass is 277 g/mol. The van der Waals surface area contributed by atoms with Crippen LogP contribution in [0.1, 0.15) is 57.8 Å². The Morgan fingerprint density at radius 1 is 1.05 bits per heavy atom. The Kier molecular flexibility index (Phi) is 2.82. The summed E-state index contributed by atoms with van der Waals surface area (Å²) in [6, 6.07) is 0.0173. The molecule has 0 atom stereocenters. The van der Waals surface area contributed by atoms with Crippen LogP contribution in [0.3, 0.4) is 0 Å². The summed E-state index contributed by atoms with van der Waals surface area (Å²) >= 11 is 0. The molecule has 5 aliphatic carbocycles. The molecule has 5 rings (SSSR count). The lowest BCUT2D eigenvalue weighted by molar-refractivity contribution is -0.0136. The number of amides is 2. The average Bonchev–Trinajstić information content (AvgIpc) is 2.31. The number of nitrogens with two attached hydrogens (primary N) is 1. The molecule has 0 aromatic heterocycles. The summed E-state index contributed by atoms with van der Waals surface area (Å²) in [7, 11) is 0. The Labute approximate surface area is 121 Å². The van der Waals surface area contributed by atoms with Gasteiger partial charge < -0.3 is 16.4 Å². The van der Waals surface area contributed by atoms with Crippen LogP contribution in [0.15, 0.2) is 0 Å². The highest BCUT2D eigenvalue weighted by Gasteiger charge is 2.51. The van der Waals surface area contributed by atoms with Crippen molar-refractivity contribution in [1.29, 1.82) is 0 Å². The lowest BCUT2D eigenvalue weighted by Gasteiger charge is -2.56. The molecule has 5 saturated carbocycles. The maximum Gasteiger partial charge on any atom is 0.315 e. The molecule has 20 heavy (non-hydrogen) atoms. The van der Waals surface area contributed by atoms with E-state index in [0.29, 0.717) is 6.54 Å². The first-order valence-electron chi connectivity index (χ1n) is 8.39. The summed E-state index contributed by atoms with van der Waals surface area (Å²) < 4.78 is 0. The molecule has 2 amide bonds. The molecule has 4 bridgehead atoms. The van der Waals surface area contributed by atoms with Gasteiger partial charge in [0.25, 0.3) is 0 Å². The number of carbonyl (C=O) groups is 1. The summed E-state index contributed by atoms with van der Waals surface area (Å²) in [4.78, 5) is 12.2. The van der Waals surface area contributed by atoms with Crippen LogP contribution >= 0.6 is 0 Å². The molecule has 0 aromatic carbocycles. The van der Waals surface area contributed by atoms with Gasteiger partial charge in [-0.2, -0.15) is 0 Å². The average molecular weight is 277 g/mol. The van der Waals surface area contributed by atoms with Gasteiger partial charge in [0, 0.05) is 17.6 Å². The van der Waals surface area contributed by atoms with Crippen LogP contribution in [0.2, 0.25) is 0 Å². The van der Waals surface area contributed by atoms with E-state index in [1.54, 1.807) is 0 Å². The minimum Gasteiger partial charge on any atom is -0.336 e. The third-order valence-corrected chi connectivity index (χ3v) is 6.37. The molecule has 0 heterocycles. The van der Waals surface area contributed by atoms with E-state index in [2.05, 4.69) is 10.6 Å². The molecule has 0 spiro atoms. The molecule has 0 radical (unpaired) electrons. The highest BCUT2D eigenvalue weighted by molar-refractivity contribution is 5.75. The van der Waals surface area contributed by atoms with Crippen LogP contribution in [0.5, 0.6) is 0 Å². The Balaban J connectivity index is 1.35. The van der Waals surface area contributed by atoms with Gasteiger partial charge >= 0.3 is 6.03 Å². The fourth-order valence-corrected chi connectivity index (χ4v) is 5.61. The summed E-state index contributed by atoms with van der Waals surface area (Å²) in [6.45, 7) is 0.630. The summed E-state index contributed by atoms with van der Waals surface area (Å²) in [5.74, 6) is 2.61. The van der Waals surface area contributed by atoms with E-state index in [4.69, 9.17) is 5.73 Å². The van der Waals surface area contributed by atoms with E-state index < -0.39 is 0 Å².